The van der Waals surface area contributed by atoms with E-state index < -0.39 is 0 Å². The highest BCUT2D eigenvalue weighted by molar-refractivity contribution is 5.90. The maximum absolute atomic E-state index is 12.7. The Morgan fingerprint density at radius 2 is 1.87 bits per heavy atom. The van der Waals surface area contributed by atoms with Crippen molar-refractivity contribution in [1.29, 1.82) is 0 Å². The van der Waals surface area contributed by atoms with E-state index in [9.17, 15) is 14.4 Å². The van der Waals surface area contributed by atoms with Crippen molar-refractivity contribution in [2.75, 3.05) is 26.2 Å². The summed E-state index contributed by atoms with van der Waals surface area (Å²) in [5.41, 5.74) is 3.24. The van der Waals surface area contributed by atoms with E-state index in [1.54, 1.807) is 6.92 Å². The van der Waals surface area contributed by atoms with Crippen LogP contribution in [0.3, 0.4) is 0 Å². The lowest BCUT2D eigenvalue weighted by Crippen LogP contribution is -2.43. The molecular weight excluding hydrogens is 382 g/mol. The van der Waals surface area contributed by atoms with Gasteiger partial charge in [0.2, 0.25) is 11.8 Å². The molecule has 168 valence electrons. The van der Waals surface area contributed by atoms with Crippen molar-refractivity contribution < 1.29 is 19.1 Å². The Labute approximate surface area is 179 Å². The highest BCUT2D eigenvalue weighted by Crippen LogP contribution is 2.22. The highest BCUT2D eigenvalue weighted by Gasteiger charge is 2.27. The van der Waals surface area contributed by atoms with Crippen LogP contribution in [0.2, 0.25) is 0 Å². The van der Waals surface area contributed by atoms with Crippen molar-refractivity contribution in [3.8, 4) is 0 Å². The molecule has 0 unspecified atom stereocenters. The summed E-state index contributed by atoms with van der Waals surface area (Å²) in [5, 5.41) is 3.02. The Morgan fingerprint density at radius 1 is 1.20 bits per heavy atom. The van der Waals surface area contributed by atoms with Gasteiger partial charge in [0, 0.05) is 37.7 Å². The average Bonchev–Trinajstić information content (AvgIpc) is 2.99. The number of likely N-dealkylation sites (tertiary alicyclic amines) is 1. The van der Waals surface area contributed by atoms with E-state index in [1.165, 1.54) is 0 Å². The molecule has 0 aliphatic carbocycles. The second kappa shape index (κ2) is 11.2. The molecule has 1 saturated heterocycles. The molecule has 1 aromatic rings. The van der Waals surface area contributed by atoms with E-state index in [1.807, 2.05) is 18.7 Å². The molecule has 1 fully saturated rings. The van der Waals surface area contributed by atoms with Gasteiger partial charge in [-0.1, -0.05) is 13.8 Å². The summed E-state index contributed by atoms with van der Waals surface area (Å²) in [6.07, 6.45) is 3.40. The van der Waals surface area contributed by atoms with Gasteiger partial charge in [-0.05, 0) is 63.5 Å². The molecule has 2 N–H and O–H groups in total. The number of hydrogen-bond acceptors (Lipinski definition) is 4. The molecule has 0 saturated carbocycles. The highest BCUT2D eigenvalue weighted by atomic mass is 16.5. The number of amides is 2. The summed E-state index contributed by atoms with van der Waals surface area (Å²) in [7, 11) is 0. The zero-order chi connectivity index (χ0) is 22.3. The Balaban J connectivity index is 1.82. The fourth-order valence-corrected chi connectivity index (χ4v) is 3.98. The molecule has 1 aliphatic heterocycles. The largest absolute Gasteiger partial charge is 0.461 e. The normalized spacial score (nSPS) is 14.8. The number of aromatic nitrogens is 1. The number of aryl methyl sites for hydroxylation is 1. The third kappa shape index (κ3) is 6.34. The van der Waals surface area contributed by atoms with E-state index in [2.05, 4.69) is 24.1 Å². The van der Waals surface area contributed by atoms with Crippen molar-refractivity contribution in [3.63, 3.8) is 0 Å². The number of carbonyl (C=O) groups is 3. The van der Waals surface area contributed by atoms with Gasteiger partial charge in [-0.2, -0.15) is 0 Å². The predicted octanol–water partition coefficient (Wildman–Crippen LogP) is 3.14. The number of nitrogens with zero attached hydrogens (tertiary/aromatic N) is 1. The first-order valence-corrected chi connectivity index (χ1v) is 11.1. The van der Waals surface area contributed by atoms with Gasteiger partial charge in [0.05, 0.1) is 6.61 Å². The summed E-state index contributed by atoms with van der Waals surface area (Å²) in [6, 6.07) is 0. The second-order valence-electron chi connectivity index (χ2n) is 8.58. The first kappa shape index (κ1) is 24.0. The number of hydrogen-bond donors (Lipinski definition) is 2. The topological polar surface area (TPSA) is 91.5 Å². The van der Waals surface area contributed by atoms with Gasteiger partial charge in [0.1, 0.15) is 5.69 Å². The van der Waals surface area contributed by atoms with Crippen LogP contribution >= 0.6 is 0 Å². The first-order chi connectivity index (χ1) is 14.2. The molecule has 2 heterocycles. The van der Waals surface area contributed by atoms with Crippen LogP contribution in [0.25, 0.3) is 0 Å². The van der Waals surface area contributed by atoms with Crippen LogP contribution < -0.4 is 5.32 Å². The van der Waals surface area contributed by atoms with Gasteiger partial charge in [-0.15, -0.1) is 0 Å². The maximum atomic E-state index is 12.7. The minimum absolute atomic E-state index is 0.00233. The van der Waals surface area contributed by atoms with E-state index in [4.69, 9.17) is 4.74 Å². The lowest BCUT2D eigenvalue weighted by molar-refractivity contribution is -0.135. The van der Waals surface area contributed by atoms with Crippen LogP contribution in [0.1, 0.15) is 73.8 Å². The number of nitrogens with one attached hydrogen (secondary N) is 2. The zero-order valence-electron chi connectivity index (χ0n) is 19.1. The number of rotatable bonds is 9. The smallest absolute Gasteiger partial charge is 0.355 e. The fraction of sp³-hybridized carbons (Fsp3) is 0.696. The van der Waals surface area contributed by atoms with Gasteiger partial charge in [0.15, 0.2) is 0 Å². The molecule has 0 radical (unpaired) electrons. The number of ether oxygens (including phenoxy) is 1. The van der Waals surface area contributed by atoms with E-state index in [-0.39, 0.29) is 23.7 Å². The molecule has 0 spiro atoms. The van der Waals surface area contributed by atoms with Crippen molar-refractivity contribution >= 4 is 17.8 Å². The van der Waals surface area contributed by atoms with Gasteiger partial charge in [0.25, 0.3) is 0 Å². The molecule has 30 heavy (non-hydrogen) atoms. The lowest BCUT2D eigenvalue weighted by Gasteiger charge is -2.31. The van der Waals surface area contributed by atoms with Crippen molar-refractivity contribution in [1.82, 2.24) is 15.2 Å². The van der Waals surface area contributed by atoms with Crippen LogP contribution in [0.5, 0.6) is 0 Å². The van der Waals surface area contributed by atoms with Crippen molar-refractivity contribution in [2.45, 2.75) is 66.7 Å². The fourth-order valence-electron chi connectivity index (χ4n) is 3.98. The monoisotopic (exact) mass is 419 g/mol. The third-order valence-electron chi connectivity index (χ3n) is 5.90. The SMILES string of the molecule is CCOC(=O)c1[nH]c(C)c(CCC(=O)N2CCC(C(=O)NCCC(C)C)CC2)c1C. The summed E-state index contributed by atoms with van der Waals surface area (Å²) in [6.45, 7) is 12.2. The van der Waals surface area contributed by atoms with E-state index in [0.717, 1.165) is 29.8 Å². The molecule has 7 heteroatoms. The minimum Gasteiger partial charge on any atom is -0.461 e. The van der Waals surface area contributed by atoms with E-state index in [0.29, 0.717) is 57.0 Å². The van der Waals surface area contributed by atoms with Crippen LogP contribution in [-0.2, 0) is 20.7 Å². The van der Waals surface area contributed by atoms with Crippen LogP contribution in [0.4, 0.5) is 0 Å². The number of H-pyrrole nitrogens is 1. The Morgan fingerprint density at radius 3 is 2.47 bits per heavy atom. The molecule has 0 bridgehead atoms. The molecular formula is C23H37N3O4. The Bertz CT molecular complexity index is 746. The molecule has 0 atom stereocenters. The molecule has 0 aromatic carbocycles. The first-order valence-electron chi connectivity index (χ1n) is 11.1. The number of esters is 1. The summed E-state index contributed by atoms with van der Waals surface area (Å²) in [4.78, 5) is 42.0. The van der Waals surface area contributed by atoms with Gasteiger partial charge in [-0.3, -0.25) is 9.59 Å². The lowest BCUT2D eigenvalue weighted by atomic mass is 9.95. The van der Waals surface area contributed by atoms with Crippen molar-refractivity contribution in [2.24, 2.45) is 11.8 Å². The molecule has 1 aliphatic rings. The zero-order valence-corrected chi connectivity index (χ0v) is 19.1. The second-order valence-corrected chi connectivity index (χ2v) is 8.58. The Kier molecular flexibility index (Phi) is 8.93. The summed E-state index contributed by atoms with van der Waals surface area (Å²) in [5.74, 6) is 0.441. The number of aromatic amines is 1. The quantitative estimate of drug-likeness (QED) is 0.602. The maximum Gasteiger partial charge on any atom is 0.355 e. The number of piperidine rings is 1. The van der Waals surface area contributed by atoms with Crippen molar-refractivity contribution in [3.05, 3.63) is 22.5 Å². The van der Waals surface area contributed by atoms with Crippen LogP contribution in [0, 0.1) is 25.7 Å². The average molecular weight is 420 g/mol. The number of carbonyl (C=O) groups excluding carboxylic acids is 3. The molecule has 1 aromatic heterocycles. The van der Waals surface area contributed by atoms with Gasteiger partial charge in [-0.25, -0.2) is 4.79 Å². The third-order valence-corrected chi connectivity index (χ3v) is 5.90. The summed E-state index contributed by atoms with van der Waals surface area (Å²) >= 11 is 0. The minimum atomic E-state index is -0.357. The van der Waals surface area contributed by atoms with Crippen LogP contribution in [0.15, 0.2) is 0 Å². The summed E-state index contributed by atoms with van der Waals surface area (Å²) < 4.78 is 5.09. The van der Waals surface area contributed by atoms with E-state index >= 15 is 0 Å². The van der Waals surface area contributed by atoms with Gasteiger partial charge < -0.3 is 19.9 Å². The van der Waals surface area contributed by atoms with Crippen LogP contribution in [-0.4, -0.2) is 53.9 Å². The molecule has 2 rings (SSSR count). The standard InChI is InChI=1S/C23H37N3O4/c1-6-30-23(29)21-16(4)19(17(5)25-21)7-8-20(27)26-13-10-18(11-14-26)22(28)24-12-9-15(2)3/h15,18,25H,6-14H2,1-5H3,(H,24,28). The predicted molar refractivity (Wildman–Crippen MR) is 116 cm³/mol. The molecule has 7 nitrogen and oxygen atoms in total. The Hall–Kier alpha value is -2.31. The molecule has 2 amide bonds. The van der Waals surface area contributed by atoms with Gasteiger partial charge >= 0.3 is 5.97 Å².